The maximum Gasteiger partial charge on any atom is 0.305 e. The molecule has 0 N–H and O–H groups in total. The molecular formula is C24H25ClN2O4. The first-order valence-electron chi connectivity index (χ1n) is 10.3. The van der Waals surface area contributed by atoms with Crippen LogP contribution in [-0.4, -0.2) is 35.6 Å². The molecule has 0 amide bonds. The molecule has 1 aliphatic rings. The summed E-state index contributed by atoms with van der Waals surface area (Å²) in [6.45, 7) is 3.52. The van der Waals surface area contributed by atoms with Gasteiger partial charge in [-0.05, 0) is 54.4 Å². The molecule has 0 aliphatic carbocycles. The summed E-state index contributed by atoms with van der Waals surface area (Å²) < 4.78 is 18.4. The van der Waals surface area contributed by atoms with Crippen LogP contribution in [0.3, 0.4) is 0 Å². The minimum atomic E-state index is -0.218. The number of rotatable bonds is 7. The van der Waals surface area contributed by atoms with Crippen molar-refractivity contribution in [1.82, 2.24) is 9.40 Å². The monoisotopic (exact) mass is 440 g/mol. The van der Waals surface area contributed by atoms with E-state index in [1.807, 2.05) is 61.5 Å². The van der Waals surface area contributed by atoms with Crippen molar-refractivity contribution in [3.05, 3.63) is 71.6 Å². The number of methoxy groups -OCH3 is 1. The van der Waals surface area contributed by atoms with Crippen molar-refractivity contribution in [2.24, 2.45) is 5.92 Å². The summed E-state index contributed by atoms with van der Waals surface area (Å²) >= 11 is 6.26. The van der Waals surface area contributed by atoms with Crippen LogP contribution in [0.25, 0.3) is 11.5 Å². The number of esters is 1. The van der Waals surface area contributed by atoms with Gasteiger partial charge in [-0.2, -0.15) is 0 Å². The average Bonchev–Trinajstić information content (AvgIpc) is 3.35. The minimum Gasteiger partial charge on any atom is -0.487 e. The van der Waals surface area contributed by atoms with Gasteiger partial charge in [-0.3, -0.25) is 4.79 Å². The third-order valence-corrected chi connectivity index (χ3v) is 5.90. The largest absolute Gasteiger partial charge is 0.487 e. The third-order valence-electron chi connectivity index (χ3n) is 5.63. The maximum atomic E-state index is 11.8. The second-order valence-electron chi connectivity index (χ2n) is 7.72. The summed E-state index contributed by atoms with van der Waals surface area (Å²) in [5, 5.41) is 0. The molecule has 31 heavy (non-hydrogen) atoms. The van der Waals surface area contributed by atoms with Crippen molar-refractivity contribution in [3.8, 4) is 17.2 Å². The number of aryl methyl sites for hydroxylation is 1. The number of carbonyl (C=O) groups is 1. The van der Waals surface area contributed by atoms with E-state index in [-0.39, 0.29) is 17.8 Å². The van der Waals surface area contributed by atoms with E-state index in [1.54, 1.807) is 4.42 Å². The van der Waals surface area contributed by atoms with Crippen LogP contribution in [0.1, 0.15) is 29.4 Å². The fraction of sp³-hybridized carbons (Fsp3) is 0.333. The highest BCUT2D eigenvalue weighted by atomic mass is 35.5. The van der Waals surface area contributed by atoms with Crippen LogP contribution in [0.4, 0.5) is 0 Å². The average molecular weight is 441 g/mol. The zero-order valence-electron chi connectivity index (χ0n) is 17.6. The molecule has 4 rings (SSSR count). The summed E-state index contributed by atoms with van der Waals surface area (Å²) in [4.78, 5) is 16.4. The van der Waals surface area contributed by atoms with Crippen molar-refractivity contribution in [2.75, 3.05) is 20.2 Å². The fourth-order valence-corrected chi connectivity index (χ4v) is 4.28. The highest BCUT2D eigenvalue weighted by Gasteiger charge is 2.35. The first-order chi connectivity index (χ1) is 15.0. The van der Waals surface area contributed by atoms with Gasteiger partial charge < -0.3 is 13.9 Å². The number of hydrogen-bond acceptors (Lipinski definition) is 6. The first kappa shape index (κ1) is 21.4. The van der Waals surface area contributed by atoms with Crippen LogP contribution in [0.2, 0.25) is 0 Å². The highest BCUT2D eigenvalue weighted by Crippen LogP contribution is 2.37. The molecule has 1 fully saturated rings. The Kier molecular flexibility index (Phi) is 6.59. The van der Waals surface area contributed by atoms with E-state index in [4.69, 9.17) is 25.7 Å². The van der Waals surface area contributed by atoms with Crippen molar-refractivity contribution in [2.45, 2.75) is 25.9 Å². The molecule has 0 saturated carbocycles. The van der Waals surface area contributed by atoms with Crippen molar-refractivity contribution >= 4 is 17.7 Å². The SMILES string of the molecule is COC(=O)C[C@H]1CN(Cl)C[C@H]1c1cccc(OCc2nc(-c3ccccc3)oc2C)c1. The van der Waals surface area contributed by atoms with Gasteiger partial charge in [-0.15, -0.1) is 0 Å². The highest BCUT2D eigenvalue weighted by molar-refractivity contribution is 6.13. The van der Waals surface area contributed by atoms with Gasteiger partial charge in [-0.1, -0.05) is 30.3 Å². The van der Waals surface area contributed by atoms with Gasteiger partial charge >= 0.3 is 5.97 Å². The van der Waals surface area contributed by atoms with Crippen LogP contribution in [0, 0.1) is 12.8 Å². The molecule has 6 nitrogen and oxygen atoms in total. The Labute approximate surface area is 186 Å². The molecule has 2 atom stereocenters. The predicted molar refractivity (Wildman–Crippen MR) is 118 cm³/mol. The van der Waals surface area contributed by atoms with Crippen molar-refractivity contribution in [1.29, 1.82) is 0 Å². The Morgan fingerprint density at radius 2 is 2.00 bits per heavy atom. The zero-order valence-corrected chi connectivity index (χ0v) is 18.3. The van der Waals surface area contributed by atoms with E-state index >= 15 is 0 Å². The number of aromatic nitrogens is 1. The Balaban J connectivity index is 1.46. The summed E-state index contributed by atoms with van der Waals surface area (Å²) in [5.41, 5.74) is 2.79. The van der Waals surface area contributed by atoms with Gasteiger partial charge in [0.1, 0.15) is 23.8 Å². The van der Waals surface area contributed by atoms with E-state index in [9.17, 15) is 4.79 Å². The lowest BCUT2D eigenvalue weighted by Gasteiger charge is -2.18. The summed E-state index contributed by atoms with van der Waals surface area (Å²) in [6, 6.07) is 17.7. The molecule has 1 aliphatic heterocycles. The Morgan fingerprint density at radius 1 is 1.19 bits per heavy atom. The van der Waals surface area contributed by atoms with Crippen molar-refractivity contribution in [3.63, 3.8) is 0 Å². The smallest absolute Gasteiger partial charge is 0.305 e. The maximum absolute atomic E-state index is 11.8. The number of halogens is 1. The molecule has 0 bridgehead atoms. The van der Waals surface area contributed by atoms with Gasteiger partial charge in [0.2, 0.25) is 5.89 Å². The Bertz CT molecular complexity index is 1040. The summed E-state index contributed by atoms with van der Waals surface area (Å²) in [6.07, 6.45) is 0.343. The number of carbonyl (C=O) groups excluding carboxylic acids is 1. The lowest BCUT2D eigenvalue weighted by atomic mass is 9.87. The molecule has 2 heterocycles. The van der Waals surface area contributed by atoms with Crippen LogP contribution in [-0.2, 0) is 16.1 Å². The standard InChI is InChI=1S/C24H25ClN2O4/c1-16-22(26-24(31-16)17-7-4-3-5-8-17)15-30-20-10-6-9-18(11-20)21-14-27(25)13-19(21)12-23(28)29-2/h3-11,19,21H,12-15H2,1-2H3/t19-,21-/m0/s1. The van der Waals surface area contributed by atoms with Crippen molar-refractivity contribution < 1.29 is 18.7 Å². The third kappa shape index (κ3) is 5.09. The number of ether oxygens (including phenoxy) is 2. The number of hydrogen-bond donors (Lipinski definition) is 0. The van der Waals surface area contributed by atoms with Gasteiger partial charge in [-0.25, -0.2) is 9.40 Å². The van der Waals surface area contributed by atoms with Crippen LogP contribution in [0.5, 0.6) is 5.75 Å². The van der Waals surface area contributed by atoms with E-state index < -0.39 is 0 Å². The predicted octanol–water partition coefficient (Wildman–Crippen LogP) is 4.96. The van der Waals surface area contributed by atoms with E-state index in [1.165, 1.54) is 7.11 Å². The lowest BCUT2D eigenvalue weighted by Crippen LogP contribution is -2.16. The normalized spacial score (nSPS) is 18.8. The Hall–Kier alpha value is -2.83. The minimum absolute atomic E-state index is 0.103. The van der Waals surface area contributed by atoms with Gasteiger partial charge in [0.25, 0.3) is 0 Å². The Morgan fingerprint density at radius 3 is 2.77 bits per heavy atom. The topological polar surface area (TPSA) is 64.8 Å². The van der Waals surface area contributed by atoms with Crippen LogP contribution >= 0.6 is 11.8 Å². The second-order valence-corrected chi connectivity index (χ2v) is 8.20. The summed E-state index contributed by atoms with van der Waals surface area (Å²) in [7, 11) is 1.41. The molecule has 0 radical (unpaired) electrons. The molecule has 1 aromatic heterocycles. The second kappa shape index (κ2) is 9.54. The van der Waals surface area contributed by atoms with Gasteiger partial charge in [0.15, 0.2) is 0 Å². The fourth-order valence-electron chi connectivity index (χ4n) is 3.95. The molecule has 2 aromatic carbocycles. The summed E-state index contributed by atoms with van der Waals surface area (Å²) in [5.74, 6) is 2.09. The quantitative estimate of drug-likeness (QED) is 0.382. The van der Waals surface area contributed by atoms with Gasteiger partial charge in [0, 0.05) is 24.6 Å². The molecule has 7 heteroatoms. The number of benzene rings is 2. The van der Waals surface area contributed by atoms with Crippen LogP contribution < -0.4 is 4.74 Å². The van der Waals surface area contributed by atoms with E-state index in [0.717, 1.165) is 28.3 Å². The molecular weight excluding hydrogens is 416 g/mol. The molecule has 1 saturated heterocycles. The van der Waals surface area contributed by atoms with E-state index in [0.29, 0.717) is 32.0 Å². The molecule has 0 spiro atoms. The molecule has 3 aromatic rings. The lowest BCUT2D eigenvalue weighted by molar-refractivity contribution is -0.141. The van der Waals surface area contributed by atoms with Gasteiger partial charge in [0.05, 0.1) is 13.5 Å². The number of nitrogens with zero attached hydrogens (tertiary/aromatic N) is 2. The first-order valence-corrected chi connectivity index (χ1v) is 10.6. The number of oxazole rings is 1. The zero-order chi connectivity index (χ0) is 21.8. The molecule has 162 valence electrons. The van der Waals surface area contributed by atoms with Crippen LogP contribution in [0.15, 0.2) is 59.0 Å². The molecule has 0 unspecified atom stereocenters. The van der Waals surface area contributed by atoms with E-state index in [2.05, 4.69) is 4.98 Å².